The number of imidazole rings is 1. The molecule has 1 aromatic carbocycles. The SMILES string of the molecule is CC.COC(=O)c1cccc(C(O)c2c(C3CC3)ccc3cncn23)c1. The number of hydrogen-bond donors (Lipinski definition) is 1. The third kappa shape index (κ3) is 3.35. The monoisotopic (exact) mass is 352 g/mol. The summed E-state index contributed by atoms with van der Waals surface area (Å²) in [5.41, 5.74) is 4.02. The molecule has 0 radical (unpaired) electrons. The summed E-state index contributed by atoms with van der Waals surface area (Å²) in [6.45, 7) is 4.00. The van der Waals surface area contributed by atoms with Crippen molar-refractivity contribution < 1.29 is 14.6 Å². The molecule has 0 spiro atoms. The van der Waals surface area contributed by atoms with Gasteiger partial charge in [-0.1, -0.05) is 32.0 Å². The van der Waals surface area contributed by atoms with Gasteiger partial charge in [0.15, 0.2) is 0 Å². The van der Waals surface area contributed by atoms with Crippen molar-refractivity contribution in [3.05, 3.63) is 71.3 Å². The number of hydrogen-bond acceptors (Lipinski definition) is 4. The molecule has 4 rings (SSSR count). The fourth-order valence-corrected chi connectivity index (χ4v) is 3.17. The van der Waals surface area contributed by atoms with Gasteiger partial charge >= 0.3 is 5.97 Å². The van der Waals surface area contributed by atoms with Gasteiger partial charge in [0.05, 0.1) is 36.4 Å². The average Bonchev–Trinajstić information content (AvgIpc) is 3.44. The minimum atomic E-state index is -0.830. The van der Waals surface area contributed by atoms with Crippen LogP contribution in [0.15, 0.2) is 48.9 Å². The van der Waals surface area contributed by atoms with E-state index in [1.807, 2.05) is 30.4 Å². The maximum atomic E-state index is 11.8. The lowest BCUT2D eigenvalue weighted by molar-refractivity contribution is 0.0600. The zero-order valence-electron chi connectivity index (χ0n) is 15.3. The molecule has 1 N–H and O–H groups in total. The number of benzene rings is 1. The van der Waals surface area contributed by atoms with E-state index in [0.29, 0.717) is 17.0 Å². The topological polar surface area (TPSA) is 63.8 Å². The number of fused-ring (bicyclic) bond motifs is 1. The van der Waals surface area contributed by atoms with Crippen LogP contribution >= 0.6 is 0 Å². The van der Waals surface area contributed by atoms with Crippen LogP contribution < -0.4 is 0 Å². The Balaban J connectivity index is 0.000000948. The number of carbonyl (C=O) groups is 1. The summed E-state index contributed by atoms with van der Waals surface area (Å²) in [5, 5.41) is 11.0. The summed E-state index contributed by atoms with van der Waals surface area (Å²) in [6.07, 6.45) is 4.95. The molecule has 0 saturated heterocycles. The molecule has 5 nitrogen and oxygen atoms in total. The molecule has 136 valence electrons. The van der Waals surface area contributed by atoms with E-state index in [-0.39, 0.29) is 0 Å². The van der Waals surface area contributed by atoms with Crippen molar-refractivity contribution in [3.63, 3.8) is 0 Å². The summed E-state index contributed by atoms with van der Waals surface area (Å²) in [4.78, 5) is 16.0. The molecule has 1 fully saturated rings. The highest BCUT2D eigenvalue weighted by atomic mass is 16.5. The van der Waals surface area contributed by atoms with E-state index in [2.05, 4.69) is 11.1 Å². The third-order valence-corrected chi connectivity index (χ3v) is 4.56. The first-order valence-corrected chi connectivity index (χ1v) is 9.00. The molecule has 1 aliphatic rings. The molecule has 2 heterocycles. The fourth-order valence-electron chi connectivity index (χ4n) is 3.17. The molecule has 0 bridgehead atoms. The highest BCUT2D eigenvalue weighted by Crippen LogP contribution is 2.44. The molecule has 3 aromatic rings. The Morgan fingerprint density at radius 3 is 2.73 bits per heavy atom. The third-order valence-electron chi connectivity index (χ3n) is 4.56. The zero-order chi connectivity index (χ0) is 18.7. The molecule has 0 aliphatic heterocycles. The predicted molar refractivity (Wildman–Crippen MR) is 100 cm³/mol. The second-order valence-corrected chi connectivity index (χ2v) is 6.16. The lowest BCUT2D eigenvalue weighted by Gasteiger charge is -2.18. The standard InChI is InChI=1S/C19H18N2O3.C2H6/c1-24-19(23)14-4-2-3-13(9-14)18(22)17-16(12-5-6-12)8-7-15-10-20-11-21(15)17;1-2/h2-4,7-12,18,22H,5-6H2,1H3;1-2H3. The van der Waals surface area contributed by atoms with Crippen LogP contribution in [0.4, 0.5) is 0 Å². The van der Waals surface area contributed by atoms with Gasteiger partial charge in [0, 0.05) is 0 Å². The van der Waals surface area contributed by atoms with Crippen LogP contribution in [0.3, 0.4) is 0 Å². The number of aliphatic hydroxyl groups is 1. The van der Waals surface area contributed by atoms with Crippen LogP contribution in [0.5, 0.6) is 0 Å². The second kappa shape index (κ2) is 7.70. The Labute approximate surface area is 153 Å². The Morgan fingerprint density at radius 1 is 1.27 bits per heavy atom. The van der Waals surface area contributed by atoms with E-state index in [1.54, 1.807) is 30.7 Å². The Kier molecular flexibility index (Phi) is 5.38. The summed E-state index contributed by atoms with van der Waals surface area (Å²) in [5.74, 6) is 0.0811. The lowest BCUT2D eigenvalue weighted by Crippen LogP contribution is -2.10. The van der Waals surface area contributed by atoms with Crippen molar-refractivity contribution >= 4 is 11.5 Å². The molecule has 1 atom stereocenters. The Hall–Kier alpha value is -2.66. The van der Waals surface area contributed by atoms with Gasteiger partial charge in [0.2, 0.25) is 0 Å². The van der Waals surface area contributed by atoms with Crippen molar-refractivity contribution in [2.45, 2.75) is 38.7 Å². The van der Waals surface area contributed by atoms with Crippen molar-refractivity contribution in [1.29, 1.82) is 0 Å². The van der Waals surface area contributed by atoms with Gasteiger partial charge in [-0.3, -0.25) is 4.40 Å². The quantitative estimate of drug-likeness (QED) is 0.718. The fraction of sp³-hybridized carbons (Fsp3) is 0.333. The van der Waals surface area contributed by atoms with Crippen molar-refractivity contribution in [1.82, 2.24) is 9.38 Å². The molecule has 1 unspecified atom stereocenters. The first kappa shape index (κ1) is 18.1. The summed E-state index contributed by atoms with van der Waals surface area (Å²) in [6, 6.07) is 11.1. The number of carbonyl (C=O) groups excluding carboxylic acids is 1. The van der Waals surface area contributed by atoms with Gasteiger partial charge in [0.1, 0.15) is 6.10 Å². The second-order valence-electron chi connectivity index (χ2n) is 6.16. The summed E-state index contributed by atoms with van der Waals surface area (Å²) >= 11 is 0. The largest absolute Gasteiger partial charge is 0.465 e. The zero-order valence-corrected chi connectivity index (χ0v) is 15.3. The minimum Gasteiger partial charge on any atom is -0.465 e. The summed E-state index contributed by atoms with van der Waals surface area (Å²) in [7, 11) is 1.35. The van der Waals surface area contributed by atoms with Crippen molar-refractivity contribution in [2.24, 2.45) is 0 Å². The Bertz CT molecular complexity index is 913. The summed E-state index contributed by atoms with van der Waals surface area (Å²) < 4.78 is 6.70. The molecule has 2 aromatic heterocycles. The van der Waals surface area contributed by atoms with Crippen LogP contribution in [0.2, 0.25) is 0 Å². The number of pyridine rings is 1. The minimum absolute atomic E-state index is 0.410. The van der Waals surface area contributed by atoms with Crippen molar-refractivity contribution in [2.75, 3.05) is 7.11 Å². The number of rotatable bonds is 4. The van der Waals surface area contributed by atoms with Gasteiger partial charge in [-0.15, -0.1) is 0 Å². The smallest absolute Gasteiger partial charge is 0.337 e. The molecule has 1 saturated carbocycles. The van der Waals surface area contributed by atoms with Gasteiger partial charge in [-0.2, -0.15) is 0 Å². The van der Waals surface area contributed by atoms with E-state index in [1.165, 1.54) is 7.11 Å². The van der Waals surface area contributed by atoms with Crippen LogP contribution in [0.1, 0.15) is 65.9 Å². The van der Waals surface area contributed by atoms with Crippen LogP contribution in [-0.4, -0.2) is 27.6 Å². The number of esters is 1. The van der Waals surface area contributed by atoms with E-state index < -0.39 is 12.1 Å². The number of nitrogens with zero attached hydrogens (tertiary/aromatic N) is 2. The predicted octanol–water partition coefficient (Wildman–Crippen LogP) is 4.11. The number of aliphatic hydroxyl groups excluding tert-OH is 1. The van der Waals surface area contributed by atoms with E-state index in [0.717, 1.165) is 29.6 Å². The molecule has 0 amide bonds. The van der Waals surface area contributed by atoms with Crippen LogP contribution in [0, 0.1) is 0 Å². The van der Waals surface area contributed by atoms with E-state index in [9.17, 15) is 9.90 Å². The van der Waals surface area contributed by atoms with Gasteiger partial charge in [0.25, 0.3) is 0 Å². The average molecular weight is 352 g/mol. The number of aromatic nitrogens is 2. The highest BCUT2D eigenvalue weighted by Gasteiger charge is 2.30. The van der Waals surface area contributed by atoms with Gasteiger partial charge in [-0.25, -0.2) is 9.78 Å². The van der Waals surface area contributed by atoms with E-state index in [4.69, 9.17) is 4.74 Å². The lowest BCUT2D eigenvalue weighted by atomic mass is 9.97. The number of methoxy groups -OCH3 is 1. The maximum absolute atomic E-state index is 11.8. The van der Waals surface area contributed by atoms with Crippen LogP contribution in [0.25, 0.3) is 5.52 Å². The number of ether oxygens (including phenoxy) is 1. The normalized spacial score (nSPS) is 14.5. The van der Waals surface area contributed by atoms with Crippen LogP contribution in [-0.2, 0) is 4.74 Å². The molecule has 5 heteroatoms. The van der Waals surface area contributed by atoms with Crippen molar-refractivity contribution in [3.8, 4) is 0 Å². The molecule has 1 aliphatic carbocycles. The first-order chi connectivity index (χ1) is 12.7. The highest BCUT2D eigenvalue weighted by molar-refractivity contribution is 5.89. The molecular weight excluding hydrogens is 328 g/mol. The maximum Gasteiger partial charge on any atom is 0.337 e. The molecule has 26 heavy (non-hydrogen) atoms. The first-order valence-electron chi connectivity index (χ1n) is 9.00. The molecular formula is C21H24N2O3. The van der Waals surface area contributed by atoms with Gasteiger partial charge < -0.3 is 9.84 Å². The van der Waals surface area contributed by atoms with E-state index >= 15 is 0 Å². The van der Waals surface area contributed by atoms with Gasteiger partial charge in [-0.05, 0) is 48.1 Å². The Morgan fingerprint density at radius 2 is 2.04 bits per heavy atom.